The van der Waals surface area contributed by atoms with E-state index in [9.17, 15) is 13.9 Å². The molecule has 1 rings (SSSR count). The van der Waals surface area contributed by atoms with Crippen molar-refractivity contribution >= 4 is 0 Å². The molecular formula is C9H10F2O2. The first-order valence-electron chi connectivity index (χ1n) is 3.85. The molecule has 1 unspecified atom stereocenters. The number of aliphatic hydroxyl groups is 1. The molecule has 0 heterocycles. The fourth-order valence-electron chi connectivity index (χ4n) is 1.12. The maximum atomic E-state index is 13.1. The maximum absolute atomic E-state index is 13.1. The van der Waals surface area contributed by atoms with Gasteiger partial charge < -0.3 is 10.2 Å². The molecule has 1 atom stereocenters. The van der Waals surface area contributed by atoms with Crippen LogP contribution in [0.2, 0.25) is 0 Å². The summed E-state index contributed by atoms with van der Waals surface area (Å²) in [6.07, 6.45) is 0. The van der Waals surface area contributed by atoms with Crippen molar-refractivity contribution in [2.75, 3.05) is 6.61 Å². The summed E-state index contributed by atoms with van der Waals surface area (Å²) >= 11 is 0. The average Bonchev–Trinajstić information content (AvgIpc) is 2.12. The Balaban J connectivity index is 3.25. The Morgan fingerprint density at radius 3 is 2.54 bits per heavy atom. The summed E-state index contributed by atoms with van der Waals surface area (Å²) in [4.78, 5) is 0. The van der Waals surface area contributed by atoms with Crippen LogP contribution in [0, 0.1) is 11.6 Å². The van der Waals surface area contributed by atoms with Gasteiger partial charge in [0.2, 0.25) is 0 Å². The number of hydrogen-bond donors (Lipinski definition) is 2. The van der Waals surface area contributed by atoms with Crippen molar-refractivity contribution in [2.24, 2.45) is 0 Å². The smallest absolute Gasteiger partial charge is 0.166 e. The van der Waals surface area contributed by atoms with Crippen LogP contribution in [-0.2, 0) is 0 Å². The van der Waals surface area contributed by atoms with E-state index >= 15 is 0 Å². The van der Waals surface area contributed by atoms with Gasteiger partial charge in [0.15, 0.2) is 11.6 Å². The zero-order valence-electron chi connectivity index (χ0n) is 7.09. The minimum Gasteiger partial charge on any atom is -0.508 e. The molecule has 1 aromatic carbocycles. The highest BCUT2D eigenvalue weighted by Crippen LogP contribution is 2.29. The van der Waals surface area contributed by atoms with Crippen LogP contribution in [-0.4, -0.2) is 16.8 Å². The molecule has 0 saturated carbocycles. The predicted molar refractivity (Wildman–Crippen MR) is 43.5 cm³/mol. The molecule has 0 radical (unpaired) electrons. The highest BCUT2D eigenvalue weighted by molar-refractivity contribution is 5.36. The molecule has 4 heteroatoms. The molecular weight excluding hydrogens is 178 g/mol. The molecule has 0 bridgehead atoms. The molecule has 0 aliphatic heterocycles. The van der Waals surface area contributed by atoms with Crippen LogP contribution >= 0.6 is 0 Å². The van der Waals surface area contributed by atoms with Gasteiger partial charge in [-0.25, -0.2) is 8.78 Å². The summed E-state index contributed by atoms with van der Waals surface area (Å²) in [7, 11) is 0. The van der Waals surface area contributed by atoms with E-state index in [1.807, 2.05) is 0 Å². The minimum atomic E-state index is -1.10. The SMILES string of the molecule is CC(CO)c1c(O)ccc(F)c1F. The third-order valence-corrected chi connectivity index (χ3v) is 1.88. The summed E-state index contributed by atoms with van der Waals surface area (Å²) in [6, 6.07) is 1.91. The second kappa shape index (κ2) is 3.70. The lowest BCUT2D eigenvalue weighted by Gasteiger charge is -2.11. The van der Waals surface area contributed by atoms with Crippen molar-refractivity contribution in [1.29, 1.82) is 0 Å². The van der Waals surface area contributed by atoms with Gasteiger partial charge in [0, 0.05) is 18.1 Å². The van der Waals surface area contributed by atoms with Crippen molar-refractivity contribution in [3.05, 3.63) is 29.3 Å². The van der Waals surface area contributed by atoms with Crippen molar-refractivity contribution in [2.45, 2.75) is 12.8 Å². The molecule has 0 saturated heterocycles. The van der Waals surface area contributed by atoms with Gasteiger partial charge in [-0.05, 0) is 12.1 Å². The lowest BCUT2D eigenvalue weighted by Crippen LogP contribution is -2.04. The van der Waals surface area contributed by atoms with Gasteiger partial charge >= 0.3 is 0 Å². The number of aliphatic hydroxyl groups excluding tert-OH is 1. The molecule has 1 aromatic rings. The standard InChI is InChI=1S/C9H10F2O2/c1-5(4-12)8-7(13)3-2-6(10)9(8)11/h2-3,5,12-13H,4H2,1H3. The van der Waals surface area contributed by atoms with E-state index in [-0.39, 0.29) is 17.9 Å². The second-order valence-corrected chi connectivity index (χ2v) is 2.88. The minimum absolute atomic E-state index is 0.178. The van der Waals surface area contributed by atoms with Crippen molar-refractivity contribution < 1.29 is 19.0 Å². The van der Waals surface area contributed by atoms with Crippen LogP contribution in [0.15, 0.2) is 12.1 Å². The van der Waals surface area contributed by atoms with E-state index in [0.29, 0.717) is 0 Å². The van der Waals surface area contributed by atoms with Gasteiger partial charge in [-0.15, -0.1) is 0 Å². The van der Waals surface area contributed by atoms with Crippen LogP contribution in [0.25, 0.3) is 0 Å². The van der Waals surface area contributed by atoms with Crippen molar-refractivity contribution in [1.82, 2.24) is 0 Å². The Morgan fingerprint density at radius 2 is 2.00 bits per heavy atom. The number of aromatic hydroxyl groups is 1. The Bertz CT molecular complexity index is 313. The topological polar surface area (TPSA) is 40.5 Å². The summed E-state index contributed by atoms with van der Waals surface area (Å²) in [6.45, 7) is 1.16. The predicted octanol–water partition coefficient (Wildman–Crippen LogP) is 1.77. The van der Waals surface area contributed by atoms with Gasteiger partial charge in [0.05, 0.1) is 0 Å². The van der Waals surface area contributed by atoms with E-state index in [4.69, 9.17) is 5.11 Å². The van der Waals surface area contributed by atoms with Crippen LogP contribution in [0.5, 0.6) is 5.75 Å². The van der Waals surface area contributed by atoms with Gasteiger partial charge in [-0.1, -0.05) is 6.92 Å². The zero-order chi connectivity index (χ0) is 10.0. The number of halogens is 2. The number of phenolic OH excluding ortho intramolecular Hbond substituents is 1. The van der Waals surface area contributed by atoms with E-state index < -0.39 is 17.6 Å². The summed E-state index contributed by atoms with van der Waals surface area (Å²) in [5, 5.41) is 17.9. The average molecular weight is 188 g/mol. The van der Waals surface area contributed by atoms with Gasteiger partial charge in [0.25, 0.3) is 0 Å². The van der Waals surface area contributed by atoms with Gasteiger partial charge in [-0.2, -0.15) is 0 Å². The van der Waals surface area contributed by atoms with Crippen molar-refractivity contribution in [3.63, 3.8) is 0 Å². The Labute approximate surface area is 74.4 Å². The number of benzene rings is 1. The summed E-state index contributed by atoms with van der Waals surface area (Å²) < 4.78 is 25.7. The van der Waals surface area contributed by atoms with Crippen LogP contribution in [0.3, 0.4) is 0 Å². The quantitative estimate of drug-likeness (QED) is 0.742. The summed E-state index contributed by atoms with van der Waals surface area (Å²) in [5.41, 5.74) is -0.178. The van der Waals surface area contributed by atoms with E-state index in [2.05, 4.69) is 0 Å². The first kappa shape index (κ1) is 9.92. The molecule has 72 valence electrons. The lowest BCUT2D eigenvalue weighted by atomic mass is 10.0. The Hall–Kier alpha value is -1.16. The van der Waals surface area contributed by atoms with Crippen LogP contribution in [0.4, 0.5) is 8.78 Å². The highest BCUT2D eigenvalue weighted by atomic mass is 19.2. The molecule has 2 N–H and O–H groups in total. The first-order chi connectivity index (χ1) is 6.07. The van der Waals surface area contributed by atoms with Gasteiger partial charge in [-0.3, -0.25) is 0 Å². The fourth-order valence-corrected chi connectivity index (χ4v) is 1.12. The van der Waals surface area contributed by atoms with Gasteiger partial charge in [0.1, 0.15) is 5.75 Å². The lowest BCUT2D eigenvalue weighted by molar-refractivity contribution is 0.266. The molecule has 0 aliphatic rings. The highest BCUT2D eigenvalue weighted by Gasteiger charge is 2.18. The first-order valence-corrected chi connectivity index (χ1v) is 3.85. The third kappa shape index (κ3) is 1.78. The maximum Gasteiger partial charge on any atom is 0.166 e. The van der Waals surface area contributed by atoms with Crippen molar-refractivity contribution in [3.8, 4) is 5.75 Å². The van der Waals surface area contributed by atoms with Crippen LogP contribution in [0.1, 0.15) is 18.4 Å². The molecule has 0 spiro atoms. The summed E-state index contributed by atoms with van der Waals surface area (Å²) in [5.74, 6) is -3.06. The number of rotatable bonds is 2. The van der Waals surface area contributed by atoms with Crippen LogP contribution < -0.4 is 0 Å². The molecule has 13 heavy (non-hydrogen) atoms. The Morgan fingerprint density at radius 1 is 1.38 bits per heavy atom. The molecule has 0 aromatic heterocycles. The fraction of sp³-hybridized carbons (Fsp3) is 0.333. The second-order valence-electron chi connectivity index (χ2n) is 2.88. The molecule has 0 fully saturated rings. The number of phenols is 1. The van der Waals surface area contributed by atoms with E-state index in [1.165, 1.54) is 6.92 Å². The number of hydrogen-bond acceptors (Lipinski definition) is 2. The molecule has 0 aliphatic carbocycles. The normalized spacial score (nSPS) is 12.9. The van der Waals surface area contributed by atoms with E-state index in [1.54, 1.807) is 0 Å². The zero-order valence-corrected chi connectivity index (χ0v) is 7.09. The largest absolute Gasteiger partial charge is 0.508 e. The molecule has 2 nitrogen and oxygen atoms in total. The third-order valence-electron chi connectivity index (χ3n) is 1.88. The monoisotopic (exact) mass is 188 g/mol. The molecule has 0 amide bonds. The van der Waals surface area contributed by atoms with E-state index in [0.717, 1.165) is 12.1 Å². The Kier molecular flexibility index (Phi) is 2.83.